The summed E-state index contributed by atoms with van der Waals surface area (Å²) in [5, 5.41) is 0. The number of cyclic esters (lactones) is 1. The van der Waals surface area contributed by atoms with Gasteiger partial charge in [-0.1, -0.05) is 33.8 Å². The average Bonchev–Trinajstić information content (AvgIpc) is 3.13. The van der Waals surface area contributed by atoms with Crippen molar-refractivity contribution < 1.29 is 23.9 Å². The molecule has 5 nitrogen and oxygen atoms in total. The van der Waals surface area contributed by atoms with Gasteiger partial charge in [-0.15, -0.1) is 0 Å². The van der Waals surface area contributed by atoms with Gasteiger partial charge in [-0.2, -0.15) is 0 Å². The lowest BCUT2D eigenvalue weighted by Gasteiger charge is -2.62. The molecule has 0 aromatic carbocycles. The summed E-state index contributed by atoms with van der Waals surface area (Å²) < 4.78 is 11.1. The Balaban J connectivity index is 1.91. The van der Waals surface area contributed by atoms with Crippen LogP contribution in [0.15, 0.2) is 23.3 Å². The Hall–Kier alpha value is -1.91. The van der Waals surface area contributed by atoms with E-state index in [1.165, 1.54) is 0 Å². The minimum absolute atomic E-state index is 0.00522. The Morgan fingerprint density at radius 3 is 2.60 bits per heavy atom. The van der Waals surface area contributed by atoms with Crippen LogP contribution in [0.3, 0.4) is 0 Å². The molecule has 2 aliphatic carbocycles. The standard InChI is InChI=1S/C25H36O5/c1-7-15(2)23(28)30-21-12-16(3)24(5,11-10-18-13-22(27)29-14-18)20-9-8-19(26)17(4)25(20,21)6/h7,13,16-17,20-21H,8-12,14H2,1-6H3/b15-7-/t16-,17+,20+,21-,24-,25+/m1/s1. The number of rotatable bonds is 5. The molecular formula is C25H36O5. The molecular weight excluding hydrogens is 380 g/mol. The highest BCUT2D eigenvalue weighted by atomic mass is 16.5. The van der Waals surface area contributed by atoms with Crippen molar-refractivity contribution in [2.24, 2.45) is 28.6 Å². The molecule has 30 heavy (non-hydrogen) atoms. The van der Waals surface area contributed by atoms with E-state index in [1.807, 2.05) is 13.8 Å². The van der Waals surface area contributed by atoms with Gasteiger partial charge in [0.05, 0.1) is 0 Å². The van der Waals surface area contributed by atoms with Gasteiger partial charge < -0.3 is 9.47 Å². The van der Waals surface area contributed by atoms with E-state index in [-0.39, 0.29) is 41.1 Å². The molecule has 5 heteroatoms. The molecule has 2 saturated carbocycles. The molecule has 2 fully saturated rings. The number of carbonyl (C=O) groups is 3. The van der Waals surface area contributed by atoms with E-state index in [0.29, 0.717) is 24.5 Å². The van der Waals surface area contributed by atoms with E-state index in [1.54, 1.807) is 19.1 Å². The number of Topliss-reactive ketones (excluding diaryl/α,β-unsaturated/α-hetero) is 1. The maximum atomic E-state index is 12.8. The molecule has 6 atom stereocenters. The molecule has 1 heterocycles. The minimum Gasteiger partial charge on any atom is -0.458 e. The maximum absolute atomic E-state index is 12.8. The van der Waals surface area contributed by atoms with E-state index in [2.05, 4.69) is 20.8 Å². The molecule has 0 spiro atoms. The molecule has 166 valence electrons. The normalized spacial score (nSPS) is 39.3. The Bertz CT molecular complexity index is 793. The van der Waals surface area contributed by atoms with E-state index in [4.69, 9.17) is 9.47 Å². The van der Waals surface area contributed by atoms with Crippen molar-refractivity contribution in [3.8, 4) is 0 Å². The zero-order chi connectivity index (χ0) is 22.3. The average molecular weight is 417 g/mol. The first-order valence-electron chi connectivity index (χ1n) is 11.3. The van der Waals surface area contributed by atoms with Crippen LogP contribution in [0, 0.1) is 28.6 Å². The van der Waals surface area contributed by atoms with Crippen LogP contribution < -0.4 is 0 Å². The van der Waals surface area contributed by atoms with Gasteiger partial charge in [-0.25, -0.2) is 9.59 Å². The van der Waals surface area contributed by atoms with Crippen LogP contribution in [0.4, 0.5) is 0 Å². The van der Waals surface area contributed by atoms with Crippen LogP contribution in [0.1, 0.15) is 73.6 Å². The van der Waals surface area contributed by atoms with Gasteiger partial charge in [0, 0.05) is 29.4 Å². The highest BCUT2D eigenvalue weighted by Gasteiger charge is 2.62. The van der Waals surface area contributed by atoms with Gasteiger partial charge in [-0.05, 0) is 62.4 Å². The molecule has 0 aromatic heterocycles. The van der Waals surface area contributed by atoms with Crippen LogP contribution in [-0.2, 0) is 23.9 Å². The minimum atomic E-state index is -0.392. The Morgan fingerprint density at radius 2 is 2.00 bits per heavy atom. The first kappa shape index (κ1) is 22.8. The molecule has 0 aromatic rings. The Morgan fingerprint density at radius 1 is 1.30 bits per heavy atom. The number of allylic oxidation sites excluding steroid dienone is 1. The third-order valence-corrected chi connectivity index (χ3v) is 8.74. The van der Waals surface area contributed by atoms with Crippen LogP contribution in [-0.4, -0.2) is 30.4 Å². The summed E-state index contributed by atoms with van der Waals surface area (Å²) in [7, 11) is 0. The first-order chi connectivity index (χ1) is 14.0. The van der Waals surface area contributed by atoms with Crippen molar-refractivity contribution in [1.82, 2.24) is 0 Å². The summed E-state index contributed by atoms with van der Waals surface area (Å²) >= 11 is 0. The van der Waals surface area contributed by atoms with Crippen LogP contribution in [0.5, 0.6) is 0 Å². The van der Waals surface area contributed by atoms with Gasteiger partial charge in [0.25, 0.3) is 0 Å². The van der Waals surface area contributed by atoms with Crippen LogP contribution in [0.25, 0.3) is 0 Å². The Labute approximate surface area is 180 Å². The van der Waals surface area contributed by atoms with E-state index >= 15 is 0 Å². The van der Waals surface area contributed by atoms with E-state index in [9.17, 15) is 14.4 Å². The number of hydrogen-bond acceptors (Lipinski definition) is 5. The van der Waals surface area contributed by atoms with Crippen molar-refractivity contribution in [2.45, 2.75) is 79.8 Å². The van der Waals surface area contributed by atoms with Gasteiger partial charge >= 0.3 is 11.9 Å². The SMILES string of the molecule is C/C=C(/C)C(=O)O[C@@H]1C[C@@H](C)[C@@](C)(CCC2=CC(=O)OC2)[C@@H]2CCC(=O)[C@H](C)[C@]12C. The third-order valence-electron chi connectivity index (χ3n) is 8.74. The lowest BCUT2D eigenvalue weighted by Crippen LogP contribution is -2.61. The summed E-state index contributed by atoms with van der Waals surface area (Å²) in [6.45, 7) is 12.7. The van der Waals surface area contributed by atoms with Gasteiger partial charge in [0.1, 0.15) is 18.5 Å². The maximum Gasteiger partial charge on any atom is 0.333 e. The molecule has 0 unspecified atom stereocenters. The second-order valence-electron chi connectivity index (χ2n) is 10.1. The summed E-state index contributed by atoms with van der Waals surface area (Å²) in [6.07, 6.45) is 7.03. The number of carbonyl (C=O) groups excluding carboxylic acids is 3. The lowest BCUT2D eigenvalue weighted by molar-refractivity contribution is -0.199. The van der Waals surface area contributed by atoms with Crippen molar-refractivity contribution >= 4 is 17.7 Å². The van der Waals surface area contributed by atoms with E-state index < -0.39 is 5.41 Å². The van der Waals surface area contributed by atoms with E-state index in [0.717, 1.165) is 31.3 Å². The predicted octanol–water partition coefficient (Wildman–Crippen LogP) is 4.80. The number of fused-ring (bicyclic) bond motifs is 1. The smallest absolute Gasteiger partial charge is 0.333 e. The molecule has 3 aliphatic rings. The molecule has 1 aliphatic heterocycles. The number of ketones is 1. The number of hydrogen-bond donors (Lipinski definition) is 0. The quantitative estimate of drug-likeness (QED) is 0.476. The monoisotopic (exact) mass is 416 g/mol. The van der Waals surface area contributed by atoms with Gasteiger partial charge in [0.15, 0.2) is 0 Å². The molecule has 0 bridgehead atoms. The second-order valence-corrected chi connectivity index (χ2v) is 10.1. The zero-order valence-corrected chi connectivity index (χ0v) is 19.2. The fourth-order valence-electron chi connectivity index (χ4n) is 6.12. The highest BCUT2D eigenvalue weighted by molar-refractivity contribution is 5.88. The summed E-state index contributed by atoms with van der Waals surface area (Å²) in [4.78, 5) is 36.8. The molecule has 0 saturated heterocycles. The molecule has 0 N–H and O–H groups in total. The largest absolute Gasteiger partial charge is 0.458 e. The third kappa shape index (κ3) is 3.76. The molecule has 3 rings (SSSR count). The highest BCUT2D eigenvalue weighted by Crippen LogP contribution is 2.63. The first-order valence-corrected chi connectivity index (χ1v) is 11.3. The van der Waals surface area contributed by atoms with Crippen LogP contribution >= 0.6 is 0 Å². The van der Waals surface area contributed by atoms with Crippen molar-refractivity contribution in [1.29, 1.82) is 0 Å². The van der Waals surface area contributed by atoms with Crippen molar-refractivity contribution in [3.63, 3.8) is 0 Å². The summed E-state index contributed by atoms with van der Waals surface area (Å²) in [6, 6.07) is 0. The topological polar surface area (TPSA) is 69.7 Å². The van der Waals surface area contributed by atoms with Crippen molar-refractivity contribution in [3.05, 3.63) is 23.3 Å². The second kappa shape index (κ2) is 8.32. The lowest BCUT2D eigenvalue weighted by atomic mass is 9.43. The zero-order valence-electron chi connectivity index (χ0n) is 19.2. The molecule has 0 amide bonds. The summed E-state index contributed by atoms with van der Waals surface area (Å²) in [5.74, 6) is 0.187. The van der Waals surface area contributed by atoms with Crippen LogP contribution in [0.2, 0.25) is 0 Å². The Kier molecular flexibility index (Phi) is 6.31. The van der Waals surface area contributed by atoms with Gasteiger partial charge in [-0.3, -0.25) is 4.79 Å². The van der Waals surface area contributed by atoms with Gasteiger partial charge in [0.2, 0.25) is 0 Å². The fraction of sp³-hybridized carbons (Fsp3) is 0.720. The predicted molar refractivity (Wildman–Crippen MR) is 114 cm³/mol. The van der Waals surface area contributed by atoms with Crippen molar-refractivity contribution in [2.75, 3.05) is 6.61 Å². The number of esters is 2. The fourth-order valence-corrected chi connectivity index (χ4v) is 6.12. The number of ether oxygens (including phenoxy) is 2. The summed E-state index contributed by atoms with van der Waals surface area (Å²) in [5.41, 5.74) is 1.25. The molecule has 0 radical (unpaired) electrons.